The van der Waals surface area contributed by atoms with Gasteiger partial charge in [-0.15, -0.1) is 0 Å². The van der Waals surface area contributed by atoms with Crippen molar-refractivity contribution in [1.29, 1.82) is 0 Å². The first-order chi connectivity index (χ1) is 12.2. The van der Waals surface area contributed by atoms with Crippen LogP contribution in [0.1, 0.15) is 26.2 Å². The van der Waals surface area contributed by atoms with Gasteiger partial charge in [0.1, 0.15) is 0 Å². The maximum Gasteiger partial charge on any atom is 0.319 e. The Hall–Kier alpha value is -2.57. The number of amides is 2. The number of nitrogens with zero attached hydrogens (tertiary/aromatic N) is 4. The van der Waals surface area contributed by atoms with Gasteiger partial charge in [0.2, 0.25) is 0 Å². The lowest BCUT2D eigenvalue weighted by Crippen LogP contribution is -2.35. The number of urea groups is 1. The number of piperidine rings is 1. The topological polar surface area (TPSA) is 75.1 Å². The Morgan fingerprint density at radius 2 is 2.08 bits per heavy atom. The largest absolute Gasteiger partial charge is 0.355 e. The van der Waals surface area contributed by atoms with Crippen LogP contribution in [0.5, 0.6) is 0 Å². The molecule has 25 heavy (non-hydrogen) atoms. The fourth-order valence-corrected chi connectivity index (χ4v) is 3.08. The van der Waals surface area contributed by atoms with E-state index in [1.54, 1.807) is 12.4 Å². The van der Waals surface area contributed by atoms with Gasteiger partial charge in [-0.25, -0.2) is 9.78 Å². The SMILES string of the molecule is C[C@@H](CNC(=O)Nc1cccnc1N1CCCCC1)Cn1cccn1. The monoisotopic (exact) mass is 342 g/mol. The van der Waals surface area contributed by atoms with Crippen molar-refractivity contribution in [3.8, 4) is 0 Å². The molecule has 1 atom stereocenters. The van der Waals surface area contributed by atoms with Crippen molar-refractivity contribution in [2.45, 2.75) is 32.7 Å². The summed E-state index contributed by atoms with van der Waals surface area (Å²) in [5.41, 5.74) is 0.765. The number of rotatable bonds is 6. The molecule has 3 rings (SSSR count). The molecule has 0 saturated carbocycles. The number of carbonyl (C=O) groups excluding carboxylic acids is 1. The normalized spacial score (nSPS) is 15.6. The molecule has 7 heteroatoms. The van der Waals surface area contributed by atoms with Crippen LogP contribution in [-0.4, -0.2) is 40.4 Å². The van der Waals surface area contributed by atoms with Crippen LogP contribution in [0.2, 0.25) is 0 Å². The predicted octanol–water partition coefficient (Wildman–Crippen LogP) is 2.73. The minimum Gasteiger partial charge on any atom is -0.355 e. The summed E-state index contributed by atoms with van der Waals surface area (Å²) in [6.45, 7) is 5.44. The molecule has 2 aromatic heterocycles. The minimum atomic E-state index is -0.196. The van der Waals surface area contributed by atoms with Crippen LogP contribution >= 0.6 is 0 Å². The third kappa shape index (κ3) is 4.95. The smallest absolute Gasteiger partial charge is 0.319 e. The van der Waals surface area contributed by atoms with Crippen molar-refractivity contribution in [2.24, 2.45) is 5.92 Å². The number of aromatic nitrogens is 3. The molecule has 0 bridgehead atoms. The van der Waals surface area contributed by atoms with Gasteiger partial charge in [0, 0.05) is 44.8 Å². The van der Waals surface area contributed by atoms with E-state index in [-0.39, 0.29) is 6.03 Å². The zero-order valence-corrected chi connectivity index (χ0v) is 14.7. The van der Waals surface area contributed by atoms with Gasteiger partial charge >= 0.3 is 6.03 Å². The number of pyridine rings is 1. The summed E-state index contributed by atoms with van der Waals surface area (Å²) in [6, 6.07) is 5.46. The molecule has 0 aromatic carbocycles. The minimum absolute atomic E-state index is 0.196. The number of hydrogen-bond acceptors (Lipinski definition) is 4. The lowest BCUT2D eigenvalue weighted by Gasteiger charge is -2.29. The van der Waals surface area contributed by atoms with Crippen LogP contribution in [0.4, 0.5) is 16.3 Å². The van der Waals surface area contributed by atoms with Crippen molar-refractivity contribution in [3.63, 3.8) is 0 Å². The molecule has 1 fully saturated rings. The highest BCUT2D eigenvalue weighted by Crippen LogP contribution is 2.25. The summed E-state index contributed by atoms with van der Waals surface area (Å²) < 4.78 is 1.87. The summed E-state index contributed by atoms with van der Waals surface area (Å²) in [5, 5.41) is 10.1. The molecular weight excluding hydrogens is 316 g/mol. The maximum atomic E-state index is 12.3. The second-order valence-electron chi connectivity index (χ2n) is 6.59. The molecule has 2 amide bonds. The molecule has 1 saturated heterocycles. The van der Waals surface area contributed by atoms with Crippen LogP contribution in [0.3, 0.4) is 0 Å². The van der Waals surface area contributed by atoms with Gasteiger partial charge in [-0.1, -0.05) is 6.92 Å². The Labute approximate surface area is 148 Å². The number of nitrogens with one attached hydrogen (secondary N) is 2. The first kappa shape index (κ1) is 17.3. The van der Waals surface area contributed by atoms with E-state index in [4.69, 9.17) is 0 Å². The Balaban J connectivity index is 1.52. The maximum absolute atomic E-state index is 12.3. The fourth-order valence-electron chi connectivity index (χ4n) is 3.08. The quantitative estimate of drug-likeness (QED) is 0.846. The first-order valence-electron chi connectivity index (χ1n) is 8.94. The van der Waals surface area contributed by atoms with Crippen molar-refractivity contribution in [1.82, 2.24) is 20.1 Å². The average Bonchev–Trinajstić information content (AvgIpc) is 3.14. The molecule has 1 aliphatic heterocycles. The van der Waals surface area contributed by atoms with Crippen molar-refractivity contribution < 1.29 is 4.79 Å². The summed E-state index contributed by atoms with van der Waals surface area (Å²) in [6.07, 6.45) is 9.08. The highest BCUT2D eigenvalue weighted by atomic mass is 16.2. The van der Waals surface area contributed by atoms with E-state index in [0.717, 1.165) is 31.1 Å². The molecule has 0 radical (unpaired) electrons. The average molecular weight is 342 g/mol. The summed E-state index contributed by atoms with van der Waals surface area (Å²) in [5.74, 6) is 1.16. The molecule has 0 spiro atoms. The van der Waals surface area contributed by atoms with Gasteiger partial charge in [0.05, 0.1) is 5.69 Å². The Bertz CT molecular complexity index is 666. The fraction of sp³-hybridized carbons (Fsp3) is 0.500. The Kier molecular flexibility index (Phi) is 5.87. The van der Waals surface area contributed by atoms with Gasteiger partial charge in [0.25, 0.3) is 0 Å². The Morgan fingerprint density at radius 3 is 2.84 bits per heavy atom. The van der Waals surface area contributed by atoms with E-state index in [1.165, 1.54) is 19.3 Å². The standard InChI is InChI=1S/C18H26N6O/c1-15(14-24-12-6-9-21-24)13-20-18(25)22-16-7-5-8-19-17(16)23-10-3-2-4-11-23/h5-9,12,15H,2-4,10-11,13-14H2,1H3,(H2,20,22,25)/t15-/m0/s1. The second-order valence-corrected chi connectivity index (χ2v) is 6.59. The highest BCUT2D eigenvalue weighted by Gasteiger charge is 2.17. The van der Waals surface area contributed by atoms with E-state index < -0.39 is 0 Å². The number of hydrogen-bond donors (Lipinski definition) is 2. The van der Waals surface area contributed by atoms with E-state index in [1.807, 2.05) is 29.1 Å². The van der Waals surface area contributed by atoms with Crippen LogP contribution in [0, 0.1) is 5.92 Å². The molecule has 7 nitrogen and oxygen atoms in total. The molecular formula is C18H26N6O. The van der Waals surface area contributed by atoms with E-state index in [9.17, 15) is 4.79 Å². The van der Waals surface area contributed by atoms with Gasteiger partial charge in [-0.2, -0.15) is 5.10 Å². The molecule has 1 aliphatic rings. The van der Waals surface area contributed by atoms with Crippen LogP contribution in [0.15, 0.2) is 36.8 Å². The predicted molar refractivity (Wildman–Crippen MR) is 98.7 cm³/mol. The number of carbonyl (C=O) groups is 1. The summed E-state index contributed by atoms with van der Waals surface area (Å²) in [7, 11) is 0. The van der Waals surface area contributed by atoms with E-state index in [0.29, 0.717) is 12.5 Å². The van der Waals surface area contributed by atoms with Crippen molar-refractivity contribution in [2.75, 3.05) is 29.9 Å². The zero-order valence-electron chi connectivity index (χ0n) is 14.7. The van der Waals surface area contributed by atoms with Crippen LogP contribution < -0.4 is 15.5 Å². The first-order valence-corrected chi connectivity index (χ1v) is 8.94. The van der Waals surface area contributed by atoms with E-state index in [2.05, 4.69) is 32.5 Å². The molecule has 2 aromatic rings. The second kappa shape index (κ2) is 8.50. The van der Waals surface area contributed by atoms with Gasteiger partial charge in [-0.3, -0.25) is 4.68 Å². The lowest BCUT2D eigenvalue weighted by atomic mass is 10.1. The summed E-state index contributed by atoms with van der Waals surface area (Å²) in [4.78, 5) is 19.0. The third-order valence-corrected chi connectivity index (χ3v) is 4.36. The molecule has 134 valence electrons. The van der Waals surface area contributed by atoms with Crippen LogP contribution in [-0.2, 0) is 6.54 Å². The van der Waals surface area contributed by atoms with Gasteiger partial charge in [0.15, 0.2) is 5.82 Å². The molecule has 2 N–H and O–H groups in total. The zero-order chi connectivity index (χ0) is 17.5. The van der Waals surface area contributed by atoms with Gasteiger partial charge < -0.3 is 15.5 Å². The molecule has 3 heterocycles. The Morgan fingerprint density at radius 1 is 1.24 bits per heavy atom. The summed E-state index contributed by atoms with van der Waals surface area (Å²) >= 11 is 0. The van der Waals surface area contributed by atoms with Crippen molar-refractivity contribution >= 4 is 17.5 Å². The lowest BCUT2D eigenvalue weighted by molar-refractivity contribution is 0.249. The highest BCUT2D eigenvalue weighted by molar-refractivity contribution is 5.92. The van der Waals surface area contributed by atoms with Gasteiger partial charge in [-0.05, 0) is 43.4 Å². The molecule has 0 aliphatic carbocycles. The molecule has 0 unspecified atom stereocenters. The van der Waals surface area contributed by atoms with Crippen molar-refractivity contribution in [3.05, 3.63) is 36.8 Å². The third-order valence-electron chi connectivity index (χ3n) is 4.36. The van der Waals surface area contributed by atoms with Crippen LogP contribution in [0.25, 0.3) is 0 Å². The number of anilines is 2. The van der Waals surface area contributed by atoms with E-state index >= 15 is 0 Å².